The van der Waals surface area contributed by atoms with Gasteiger partial charge in [-0.2, -0.15) is 9.49 Å². The van der Waals surface area contributed by atoms with Crippen LogP contribution in [0.5, 0.6) is 0 Å². The van der Waals surface area contributed by atoms with Crippen molar-refractivity contribution in [1.82, 2.24) is 35.2 Å². The zero-order valence-electron chi connectivity index (χ0n) is 13.9. The van der Waals surface area contributed by atoms with E-state index in [0.717, 1.165) is 22.2 Å². The maximum absolute atomic E-state index is 14.1. The third-order valence-electron chi connectivity index (χ3n) is 4.30. The third-order valence-corrected chi connectivity index (χ3v) is 4.30. The van der Waals surface area contributed by atoms with Crippen molar-refractivity contribution in [1.29, 1.82) is 0 Å². The Hall–Kier alpha value is -3.94. The van der Waals surface area contributed by atoms with Gasteiger partial charge in [0.1, 0.15) is 11.4 Å². The Balaban J connectivity index is 1.61. The van der Waals surface area contributed by atoms with Crippen LogP contribution in [0, 0.1) is 5.95 Å². The number of aromatic amines is 1. The highest BCUT2D eigenvalue weighted by Crippen LogP contribution is 2.30. The molecule has 5 rings (SSSR count). The molecule has 5 aromatic rings. The van der Waals surface area contributed by atoms with Gasteiger partial charge >= 0.3 is 0 Å². The number of H-pyrrole nitrogens is 1. The molecule has 0 aliphatic heterocycles. The predicted octanol–water partition coefficient (Wildman–Crippen LogP) is 3.41. The summed E-state index contributed by atoms with van der Waals surface area (Å²) in [4.78, 5) is 7.72. The molecule has 4 aromatic heterocycles. The molecule has 0 bridgehead atoms. The number of hydrogen-bond acceptors (Lipinski definition) is 5. The Morgan fingerprint density at radius 3 is 2.74 bits per heavy atom. The normalized spacial score (nSPS) is 11.1. The quantitative estimate of drug-likeness (QED) is 0.500. The molecule has 130 valence electrons. The van der Waals surface area contributed by atoms with Crippen LogP contribution in [0.4, 0.5) is 4.39 Å². The first-order valence-corrected chi connectivity index (χ1v) is 8.22. The van der Waals surface area contributed by atoms with Crippen LogP contribution in [0.3, 0.4) is 0 Å². The molecule has 4 heterocycles. The lowest BCUT2D eigenvalue weighted by molar-refractivity contribution is 0.587. The van der Waals surface area contributed by atoms with Gasteiger partial charge in [-0.3, -0.25) is 10.1 Å². The number of aromatic nitrogens is 7. The monoisotopic (exact) mass is 357 g/mol. The van der Waals surface area contributed by atoms with Crippen LogP contribution in [0.15, 0.2) is 67.3 Å². The average molecular weight is 357 g/mol. The molecule has 0 aliphatic rings. The first-order valence-electron chi connectivity index (χ1n) is 8.22. The summed E-state index contributed by atoms with van der Waals surface area (Å²) < 4.78 is 15.7. The van der Waals surface area contributed by atoms with Crippen molar-refractivity contribution in [2.24, 2.45) is 0 Å². The van der Waals surface area contributed by atoms with Gasteiger partial charge in [0.15, 0.2) is 0 Å². The molecule has 0 amide bonds. The lowest BCUT2D eigenvalue weighted by atomic mass is 10.0. The van der Waals surface area contributed by atoms with E-state index in [9.17, 15) is 4.39 Å². The average Bonchev–Trinajstić information content (AvgIpc) is 3.35. The number of halogens is 1. The second-order valence-corrected chi connectivity index (χ2v) is 5.93. The van der Waals surface area contributed by atoms with Crippen molar-refractivity contribution in [2.75, 3.05) is 0 Å². The van der Waals surface area contributed by atoms with Crippen LogP contribution in [0.1, 0.15) is 0 Å². The van der Waals surface area contributed by atoms with Gasteiger partial charge in [-0.15, -0.1) is 5.10 Å². The Kier molecular flexibility index (Phi) is 3.46. The Labute approximate surface area is 152 Å². The van der Waals surface area contributed by atoms with E-state index >= 15 is 0 Å². The summed E-state index contributed by atoms with van der Waals surface area (Å²) in [7, 11) is 0. The molecule has 0 saturated carbocycles. The Morgan fingerprint density at radius 1 is 1.00 bits per heavy atom. The highest BCUT2D eigenvalue weighted by atomic mass is 19.1. The third kappa shape index (κ3) is 2.63. The van der Waals surface area contributed by atoms with Crippen molar-refractivity contribution in [2.45, 2.75) is 0 Å². The number of pyridine rings is 2. The summed E-state index contributed by atoms with van der Waals surface area (Å²) in [5.74, 6) is -0.509. The molecule has 0 radical (unpaired) electrons. The van der Waals surface area contributed by atoms with E-state index in [1.165, 1.54) is 6.20 Å². The fraction of sp³-hybridized carbons (Fsp3) is 0. The van der Waals surface area contributed by atoms with Crippen LogP contribution < -0.4 is 0 Å². The fourth-order valence-corrected chi connectivity index (χ4v) is 2.97. The molecule has 0 unspecified atom stereocenters. The topological polar surface area (TPSA) is 85.2 Å². The molecule has 0 saturated heterocycles. The second-order valence-electron chi connectivity index (χ2n) is 5.93. The van der Waals surface area contributed by atoms with E-state index in [4.69, 9.17) is 0 Å². The van der Waals surface area contributed by atoms with Crippen LogP contribution in [-0.2, 0) is 0 Å². The minimum absolute atomic E-state index is 0.437. The van der Waals surface area contributed by atoms with E-state index in [-0.39, 0.29) is 0 Å². The maximum Gasteiger partial charge on any atom is 0.220 e. The standard InChI is InChI=1S/C19H12FN7/c20-19-14(2-1-7-22-19)12-3-4-16-15(10-12)18(25-23-16)17-11-27(26-24-17)13-5-8-21-9-6-13/h1-11H,(H,23,25). The van der Waals surface area contributed by atoms with E-state index in [1.54, 1.807) is 35.4 Å². The molecule has 27 heavy (non-hydrogen) atoms. The molecular formula is C19H12FN7. The zero-order chi connectivity index (χ0) is 18.2. The van der Waals surface area contributed by atoms with E-state index in [1.807, 2.05) is 30.3 Å². The van der Waals surface area contributed by atoms with Gasteiger partial charge < -0.3 is 0 Å². The van der Waals surface area contributed by atoms with Gasteiger partial charge in [0.25, 0.3) is 0 Å². The minimum Gasteiger partial charge on any atom is -0.277 e. The summed E-state index contributed by atoms with van der Waals surface area (Å²) in [6, 6.07) is 12.6. The molecule has 0 fully saturated rings. The van der Waals surface area contributed by atoms with Crippen molar-refractivity contribution in [3.05, 3.63) is 73.2 Å². The van der Waals surface area contributed by atoms with Crippen molar-refractivity contribution in [3.63, 3.8) is 0 Å². The van der Waals surface area contributed by atoms with Crippen molar-refractivity contribution in [3.8, 4) is 28.2 Å². The lowest BCUT2D eigenvalue weighted by Gasteiger charge is -2.03. The number of fused-ring (bicyclic) bond motifs is 1. The summed E-state index contributed by atoms with van der Waals surface area (Å²) in [6.07, 6.45) is 6.60. The summed E-state index contributed by atoms with van der Waals surface area (Å²) in [5.41, 5.74) is 4.10. The molecule has 0 aliphatic carbocycles. The van der Waals surface area contributed by atoms with Gasteiger partial charge in [0.2, 0.25) is 5.95 Å². The van der Waals surface area contributed by atoms with Crippen molar-refractivity contribution < 1.29 is 4.39 Å². The molecule has 0 spiro atoms. The van der Waals surface area contributed by atoms with E-state index in [2.05, 4.69) is 30.5 Å². The van der Waals surface area contributed by atoms with Crippen LogP contribution in [-0.4, -0.2) is 35.2 Å². The van der Waals surface area contributed by atoms with Crippen LogP contribution in [0.25, 0.3) is 39.1 Å². The number of rotatable bonds is 3. The highest BCUT2D eigenvalue weighted by molar-refractivity contribution is 5.94. The van der Waals surface area contributed by atoms with Gasteiger partial charge in [-0.05, 0) is 42.0 Å². The van der Waals surface area contributed by atoms with Crippen molar-refractivity contribution >= 4 is 10.9 Å². The van der Waals surface area contributed by atoms with Gasteiger partial charge in [-0.1, -0.05) is 11.3 Å². The van der Waals surface area contributed by atoms with Crippen LogP contribution in [0.2, 0.25) is 0 Å². The summed E-state index contributed by atoms with van der Waals surface area (Å²) >= 11 is 0. The predicted molar refractivity (Wildman–Crippen MR) is 97.4 cm³/mol. The molecule has 1 N–H and O–H groups in total. The van der Waals surface area contributed by atoms with E-state index in [0.29, 0.717) is 17.0 Å². The number of benzene rings is 1. The summed E-state index contributed by atoms with van der Waals surface area (Å²) in [6.45, 7) is 0. The zero-order valence-corrected chi connectivity index (χ0v) is 13.9. The van der Waals surface area contributed by atoms with Gasteiger partial charge in [-0.25, -0.2) is 9.67 Å². The Bertz CT molecular complexity index is 1240. The Morgan fingerprint density at radius 2 is 1.89 bits per heavy atom. The fourth-order valence-electron chi connectivity index (χ4n) is 2.97. The van der Waals surface area contributed by atoms with Gasteiger partial charge in [0, 0.05) is 29.5 Å². The number of nitrogens with zero attached hydrogens (tertiary/aromatic N) is 6. The largest absolute Gasteiger partial charge is 0.277 e. The highest BCUT2D eigenvalue weighted by Gasteiger charge is 2.14. The van der Waals surface area contributed by atoms with Gasteiger partial charge in [0.05, 0.1) is 17.4 Å². The molecule has 8 heteroatoms. The maximum atomic E-state index is 14.1. The molecule has 0 atom stereocenters. The number of hydrogen-bond donors (Lipinski definition) is 1. The minimum atomic E-state index is -0.509. The summed E-state index contributed by atoms with van der Waals surface area (Å²) in [5, 5.41) is 16.6. The smallest absolute Gasteiger partial charge is 0.220 e. The first-order chi connectivity index (χ1) is 13.3. The molecule has 1 aromatic carbocycles. The first kappa shape index (κ1) is 15.3. The molecule has 7 nitrogen and oxygen atoms in total. The second kappa shape index (κ2) is 6.10. The lowest BCUT2D eigenvalue weighted by Crippen LogP contribution is -1.94. The van der Waals surface area contributed by atoms with E-state index < -0.39 is 5.95 Å². The van der Waals surface area contributed by atoms with Crippen LogP contribution >= 0.6 is 0 Å². The number of nitrogens with one attached hydrogen (secondary N) is 1. The molecular weight excluding hydrogens is 345 g/mol. The SMILES string of the molecule is Fc1ncccc1-c1ccc2[nH]nc(-c3cn(-c4ccncc4)nn3)c2c1.